The third-order valence-electron chi connectivity index (χ3n) is 4.19. The number of fused-ring (bicyclic) bond motifs is 1. The van der Waals surface area contributed by atoms with Crippen molar-refractivity contribution in [3.05, 3.63) is 58.7 Å². The lowest BCUT2D eigenvalue weighted by molar-refractivity contribution is 0.250. The summed E-state index contributed by atoms with van der Waals surface area (Å²) in [7, 11) is 1.69. The Hall–Kier alpha value is -2.00. The molecule has 1 aliphatic rings. The highest BCUT2D eigenvalue weighted by molar-refractivity contribution is 5.46. The Morgan fingerprint density at radius 3 is 2.68 bits per heavy atom. The van der Waals surface area contributed by atoms with Gasteiger partial charge in [-0.2, -0.15) is 0 Å². The van der Waals surface area contributed by atoms with E-state index in [4.69, 9.17) is 9.47 Å². The van der Waals surface area contributed by atoms with Crippen LogP contribution in [0.3, 0.4) is 0 Å². The number of hydrogen-bond acceptors (Lipinski definition) is 3. The Morgan fingerprint density at radius 1 is 1.18 bits per heavy atom. The fourth-order valence-electron chi connectivity index (χ4n) is 3.07. The van der Waals surface area contributed by atoms with E-state index in [9.17, 15) is 0 Å². The van der Waals surface area contributed by atoms with E-state index in [1.807, 2.05) is 12.1 Å². The first-order valence-electron chi connectivity index (χ1n) is 7.77. The van der Waals surface area contributed by atoms with Gasteiger partial charge in [-0.25, -0.2) is 0 Å². The summed E-state index contributed by atoms with van der Waals surface area (Å²) in [6.45, 7) is 5.89. The van der Waals surface area contributed by atoms with E-state index < -0.39 is 0 Å². The van der Waals surface area contributed by atoms with Crippen LogP contribution < -0.4 is 14.8 Å². The number of methoxy groups -OCH3 is 1. The highest BCUT2D eigenvalue weighted by Gasteiger charge is 2.22. The molecule has 0 spiro atoms. The molecule has 2 aromatic rings. The first-order valence-corrected chi connectivity index (χ1v) is 7.77. The molecule has 0 fully saturated rings. The SMILES string of the molecule is COc1ccc(CNC2CCOc3c(C)cc(C)cc32)cc1. The monoisotopic (exact) mass is 297 g/mol. The van der Waals surface area contributed by atoms with Gasteiger partial charge in [0.1, 0.15) is 11.5 Å². The number of ether oxygens (including phenoxy) is 2. The Morgan fingerprint density at radius 2 is 1.95 bits per heavy atom. The topological polar surface area (TPSA) is 30.5 Å². The van der Waals surface area contributed by atoms with E-state index in [0.717, 1.165) is 31.1 Å². The van der Waals surface area contributed by atoms with Gasteiger partial charge in [0.15, 0.2) is 0 Å². The summed E-state index contributed by atoms with van der Waals surface area (Å²) in [6, 6.07) is 13.0. The summed E-state index contributed by atoms with van der Waals surface area (Å²) in [5.74, 6) is 1.95. The largest absolute Gasteiger partial charge is 0.497 e. The molecule has 1 atom stereocenters. The van der Waals surface area contributed by atoms with Crippen LogP contribution in [0.4, 0.5) is 0 Å². The summed E-state index contributed by atoms with van der Waals surface area (Å²) in [5.41, 5.74) is 5.07. The zero-order chi connectivity index (χ0) is 15.5. The van der Waals surface area contributed by atoms with E-state index in [1.54, 1.807) is 7.11 Å². The van der Waals surface area contributed by atoms with Crippen molar-refractivity contribution in [1.82, 2.24) is 5.32 Å². The summed E-state index contributed by atoms with van der Waals surface area (Å²) in [6.07, 6.45) is 1.01. The van der Waals surface area contributed by atoms with Gasteiger partial charge in [0, 0.05) is 24.6 Å². The average molecular weight is 297 g/mol. The maximum Gasteiger partial charge on any atom is 0.126 e. The highest BCUT2D eigenvalue weighted by atomic mass is 16.5. The van der Waals surface area contributed by atoms with Gasteiger partial charge in [-0.15, -0.1) is 0 Å². The molecular weight excluding hydrogens is 274 g/mol. The minimum atomic E-state index is 0.351. The molecule has 3 nitrogen and oxygen atoms in total. The molecule has 1 heterocycles. The second-order valence-electron chi connectivity index (χ2n) is 5.92. The van der Waals surface area contributed by atoms with Crippen LogP contribution in [0.25, 0.3) is 0 Å². The standard InChI is InChI=1S/C19H23NO2/c1-13-10-14(2)19-17(11-13)18(8-9-22-19)20-12-15-4-6-16(21-3)7-5-15/h4-7,10-11,18,20H,8-9,12H2,1-3H3. The van der Waals surface area contributed by atoms with Gasteiger partial charge in [0.25, 0.3) is 0 Å². The Labute approximate surface area is 132 Å². The van der Waals surface area contributed by atoms with Gasteiger partial charge >= 0.3 is 0 Å². The molecule has 1 unspecified atom stereocenters. The molecule has 0 bridgehead atoms. The smallest absolute Gasteiger partial charge is 0.126 e. The molecule has 1 N–H and O–H groups in total. The van der Waals surface area contributed by atoms with Crippen LogP contribution in [-0.2, 0) is 6.54 Å². The molecule has 0 aromatic heterocycles. The van der Waals surface area contributed by atoms with E-state index in [0.29, 0.717) is 6.04 Å². The Balaban J connectivity index is 1.74. The van der Waals surface area contributed by atoms with Crippen molar-refractivity contribution >= 4 is 0 Å². The predicted octanol–water partition coefficient (Wildman–Crippen LogP) is 3.93. The molecular formula is C19H23NO2. The first-order chi connectivity index (χ1) is 10.7. The van der Waals surface area contributed by atoms with E-state index in [2.05, 4.69) is 43.4 Å². The fourth-order valence-corrected chi connectivity index (χ4v) is 3.07. The van der Waals surface area contributed by atoms with Gasteiger partial charge in [-0.1, -0.05) is 29.8 Å². The van der Waals surface area contributed by atoms with Crippen molar-refractivity contribution in [3.8, 4) is 11.5 Å². The minimum absolute atomic E-state index is 0.351. The van der Waals surface area contributed by atoms with E-state index in [-0.39, 0.29) is 0 Å². The molecule has 116 valence electrons. The van der Waals surface area contributed by atoms with Gasteiger partial charge in [-0.05, 0) is 37.1 Å². The van der Waals surface area contributed by atoms with Gasteiger partial charge in [0.2, 0.25) is 0 Å². The van der Waals surface area contributed by atoms with Crippen molar-refractivity contribution in [3.63, 3.8) is 0 Å². The summed E-state index contributed by atoms with van der Waals surface area (Å²) < 4.78 is 11.1. The Kier molecular flexibility index (Phi) is 4.34. The maximum absolute atomic E-state index is 5.87. The Bertz CT molecular complexity index is 649. The molecule has 0 radical (unpaired) electrons. The van der Waals surface area contributed by atoms with Crippen molar-refractivity contribution in [1.29, 1.82) is 0 Å². The van der Waals surface area contributed by atoms with Gasteiger partial charge < -0.3 is 14.8 Å². The molecule has 3 rings (SSSR count). The van der Waals surface area contributed by atoms with E-state index in [1.165, 1.54) is 22.3 Å². The van der Waals surface area contributed by atoms with Crippen molar-refractivity contribution in [2.24, 2.45) is 0 Å². The van der Waals surface area contributed by atoms with Crippen molar-refractivity contribution in [2.75, 3.05) is 13.7 Å². The second kappa shape index (κ2) is 6.41. The zero-order valence-corrected chi connectivity index (χ0v) is 13.5. The zero-order valence-electron chi connectivity index (χ0n) is 13.5. The molecule has 3 heteroatoms. The van der Waals surface area contributed by atoms with Crippen molar-refractivity contribution in [2.45, 2.75) is 32.9 Å². The molecule has 1 aliphatic heterocycles. The van der Waals surface area contributed by atoms with Gasteiger partial charge in [-0.3, -0.25) is 0 Å². The fraction of sp³-hybridized carbons (Fsp3) is 0.368. The summed E-state index contributed by atoms with van der Waals surface area (Å²) in [5, 5.41) is 3.67. The normalized spacial score (nSPS) is 16.8. The lowest BCUT2D eigenvalue weighted by atomic mass is 9.95. The number of aryl methyl sites for hydroxylation is 2. The van der Waals surface area contributed by atoms with Crippen LogP contribution in [0, 0.1) is 13.8 Å². The third-order valence-corrected chi connectivity index (χ3v) is 4.19. The van der Waals surface area contributed by atoms with Gasteiger partial charge in [0.05, 0.1) is 13.7 Å². The molecule has 0 amide bonds. The highest BCUT2D eigenvalue weighted by Crippen LogP contribution is 2.35. The van der Waals surface area contributed by atoms with Crippen molar-refractivity contribution < 1.29 is 9.47 Å². The van der Waals surface area contributed by atoms with Crippen LogP contribution in [0.5, 0.6) is 11.5 Å². The molecule has 0 saturated carbocycles. The molecule has 0 aliphatic carbocycles. The van der Waals surface area contributed by atoms with Crippen LogP contribution in [0.2, 0.25) is 0 Å². The van der Waals surface area contributed by atoms with Crippen LogP contribution in [0.1, 0.15) is 34.7 Å². The van der Waals surface area contributed by atoms with Crippen LogP contribution in [0.15, 0.2) is 36.4 Å². The quantitative estimate of drug-likeness (QED) is 0.927. The lowest BCUT2D eigenvalue weighted by Gasteiger charge is -2.28. The first kappa shape index (κ1) is 14.9. The second-order valence-corrected chi connectivity index (χ2v) is 5.92. The molecule has 2 aromatic carbocycles. The lowest BCUT2D eigenvalue weighted by Crippen LogP contribution is -2.27. The van der Waals surface area contributed by atoms with Crippen LogP contribution >= 0.6 is 0 Å². The number of benzene rings is 2. The summed E-state index contributed by atoms with van der Waals surface area (Å²) in [4.78, 5) is 0. The number of nitrogens with one attached hydrogen (secondary N) is 1. The molecule has 0 saturated heterocycles. The minimum Gasteiger partial charge on any atom is -0.497 e. The average Bonchev–Trinajstić information content (AvgIpc) is 2.53. The number of hydrogen-bond donors (Lipinski definition) is 1. The third kappa shape index (κ3) is 3.09. The predicted molar refractivity (Wildman–Crippen MR) is 88.6 cm³/mol. The van der Waals surface area contributed by atoms with E-state index >= 15 is 0 Å². The molecule has 22 heavy (non-hydrogen) atoms. The maximum atomic E-state index is 5.87. The van der Waals surface area contributed by atoms with Crippen LogP contribution in [-0.4, -0.2) is 13.7 Å². The summed E-state index contributed by atoms with van der Waals surface area (Å²) >= 11 is 0. The number of rotatable bonds is 4.